The Morgan fingerprint density at radius 2 is 1.51 bits per heavy atom. The third kappa shape index (κ3) is 5.99. The molecule has 8 heteroatoms. The third-order valence-electron chi connectivity index (χ3n) is 16.4. The van der Waals surface area contributed by atoms with E-state index >= 15 is 0 Å². The number of aliphatic hydroxyl groups is 1. The summed E-state index contributed by atoms with van der Waals surface area (Å²) in [6, 6.07) is 14.0. The topological polar surface area (TPSA) is 123 Å². The van der Waals surface area contributed by atoms with E-state index in [0.29, 0.717) is 40.6 Å². The van der Waals surface area contributed by atoms with E-state index in [4.69, 9.17) is 13.9 Å². The molecule has 0 aliphatic heterocycles. The highest BCUT2D eigenvalue weighted by atomic mass is 16.5. The van der Waals surface area contributed by atoms with E-state index in [1.165, 1.54) is 11.6 Å². The van der Waals surface area contributed by atoms with Gasteiger partial charge in [0, 0.05) is 23.6 Å². The second kappa shape index (κ2) is 13.3. The molecule has 4 fully saturated rings. The fourth-order valence-electron chi connectivity index (χ4n) is 12.5. The number of carbonyl (C=O) groups excluding carboxylic acids is 1. The minimum absolute atomic E-state index is 0.0296. The number of aliphatic hydroxyl groups excluding tert-OH is 1. The number of allylic oxidation sites excluding steroid dienone is 2. The molecule has 0 amide bonds. The molecule has 2 N–H and O–H groups in total. The molecule has 55 heavy (non-hydrogen) atoms. The van der Waals surface area contributed by atoms with Crippen molar-refractivity contribution in [2.75, 3.05) is 14.2 Å². The standard InChI is InChI=1S/C30H46O4.C17H14O4/c1-25(2)21-8-11-30(7)23(28(21,5)10-9-22(25)32)20(31)16-18-19-17-27(4,24(33)34)13-12-26(19,3)14-15-29(18,30)6;1-19-12-5-3-4-11(8-12)16-10-15(18)14-7-6-13(20-2)9-17(14)21-16/h16,19,21-23,32H,8-15,17H2,1-7H3,(H,33,34);3-10H,1-2H3. The normalized spacial score (nSPS) is 37.5. The third-order valence-corrected chi connectivity index (χ3v) is 16.4. The molecule has 0 radical (unpaired) electrons. The number of hydrogen-bond acceptors (Lipinski definition) is 7. The number of carbonyl (C=O) groups is 2. The predicted octanol–water partition coefficient (Wildman–Crippen LogP) is 9.89. The maximum atomic E-state index is 14.2. The summed E-state index contributed by atoms with van der Waals surface area (Å²) in [6.07, 6.45) is 9.95. The predicted molar refractivity (Wildman–Crippen MR) is 214 cm³/mol. The van der Waals surface area contributed by atoms with Crippen LogP contribution in [0.3, 0.4) is 0 Å². The lowest BCUT2D eigenvalue weighted by Crippen LogP contribution is -2.66. The number of benzene rings is 2. The van der Waals surface area contributed by atoms with Crippen LogP contribution in [0.15, 0.2) is 69.4 Å². The van der Waals surface area contributed by atoms with Crippen molar-refractivity contribution in [1.29, 1.82) is 0 Å². The minimum atomic E-state index is -0.711. The fourth-order valence-corrected chi connectivity index (χ4v) is 12.5. The minimum Gasteiger partial charge on any atom is -0.497 e. The first-order valence-corrected chi connectivity index (χ1v) is 20.2. The summed E-state index contributed by atoms with van der Waals surface area (Å²) >= 11 is 0. The fraction of sp³-hybridized carbons (Fsp3) is 0.596. The Balaban J connectivity index is 0.000000190. The van der Waals surface area contributed by atoms with Gasteiger partial charge in [-0.1, -0.05) is 59.2 Å². The molecule has 4 saturated carbocycles. The van der Waals surface area contributed by atoms with E-state index in [1.807, 2.05) is 37.3 Å². The van der Waals surface area contributed by atoms with Crippen LogP contribution in [-0.4, -0.2) is 42.3 Å². The number of fused-ring (bicyclic) bond motifs is 8. The average Bonchev–Trinajstić information content (AvgIpc) is 3.14. The van der Waals surface area contributed by atoms with Crippen molar-refractivity contribution < 1.29 is 33.7 Å². The van der Waals surface area contributed by atoms with E-state index in [0.717, 1.165) is 56.9 Å². The summed E-state index contributed by atoms with van der Waals surface area (Å²) < 4.78 is 16.2. The van der Waals surface area contributed by atoms with Crippen LogP contribution in [0.4, 0.5) is 0 Å². The molecule has 1 aromatic heterocycles. The Labute approximate surface area is 325 Å². The van der Waals surface area contributed by atoms with E-state index in [1.54, 1.807) is 32.4 Å². The lowest BCUT2D eigenvalue weighted by molar-refractivity contribution is -0.202. The summed E-state index contributed by atoms with van der Waals surface area (Å²) in [4.78, 5) is 38.6. The molecular formula is C47H60O8. The van der Waals surface area contributed by atoms with Gasteiger partial charge in [-0.15, -0.1) is 0 Å². The van der Waals surface area contributed by atoms with Crippen LogP contribution < -0.4 is 14.9 Å². The lowest BCUT2D eigenvalue weighted by Gasteiger charge is -2.70. The zero-order chi connectivity index (χ0) is 39.9. The largest absolute Gasteiger partial charge is 0.497 e. The number of hydrogen-bond donors (Lipinski definition) is 2. The molecule has 5 aliphatic carbocycles. The quantitative estimate of drug-likeness (QED) is 0.270. The van der Waals surface area contributed by atoms with Gasteiger partial charge in [0.15, 0.2) is 11.2 Å². The lowest BCUT2D eigenvalue weighted by atomic mass is 9.33. The molecule has 9 unspecified atom stereocenters. The number of rotatable bonds is 4. The van der Waals surface area contributed by atoms with E-state index in [9.17, 15) is 24.6 Å². The van der Waals surface area contributed by atoms with Crippen LogP contribution in [0.2, 0.25) is 0 Å². The van der Waals surface area contributed by atoms with Crippen LogP contribution in [0.25, 0.3) is 22.3 Å². The van der Waals surface area contributed by atoms with E-state index < -0.39 is 11.4 Å². The molecule has 296 valence electrons. The molecular weight excluding hydrogens is 693 g/mol. The van der Waals surface area contributed by atoms with E-state index in [-0.39, 0.29) is 56.2 Å². The van der Waals surface area contributed by atoms with Crippen LogP contribution >= 0.6 is 0 Å². The van der Waals surface area contributed by atoms with Crippen LogP contribution in [-0.2, 0) is 9.59 Å². The van der Waals surface area contributed by atoms with Gasteiger partial charge in [0.25, 0.3) is 0 Å². The second-order valence-electron chi connectivity index (χ2n) is 19.5. The van der Waals surface area contributed by atoms with Crippen LogP contribution in [0.5, 0.6) is 11.5 Å². The summed E-state index contributed by atoms with van der Waals surface area (Å²) in [5.41, 5.74) is 1.34. The Morgan fingerprint density at radius 1 is 0.818 bits per heavy atom. The molecule has 1 heterocycles. The van der Waals surface area contributed by atoms with Crippen molar-refractivity contribution in [3.05, 3.63) is 70.4 Å². The Hall–Kier alpha value is -3.91. The number of carboxylic acid groups (broad SMARTS) is 1. The summed E-state index contributed by atoms with van der Waals surface area (Å²) in [5.74, 6) is 1.92. The first-order chi connectivity index (χ1) is 25.8. The van der Waals surface area contributed by atoms with Gasteiger partial charge in [-0.25, -0.2) is 0 Å². The van der Waals surface area contributed by atoms with Crippen molar-refractivity contribution >= 4 is 22.7 Å². The average molecular weight is 753 g/mol. The molecule has 5 aliphatic rings. The highest BCUT2D eigenvalue weighted by molar-refractivity contribution is 5.95. The molecule has 0 bridgehead atoms. The number of methoxy groups -OCH3 is 2. The van der Waals surface area contributed by atoms with Crippen molar-refractivity contribution in [1.82, 2.24) is 0 Å². The summed E-state index contributed by atoms with van der Waals surface area (Å²) in [6.45, 7) is 15.8. The van der Waals surface area contributed by atoms with Crippen molar-refractivity contribution in [2.24, 2.45) is 50.2 Å². The Morgan fingerprint density at radius 3 is 2.20 bits per heavy atom. The maximum absolute atomic E-state index is 14.2. The highest BCUT2D eigenvalue weighted by Gasteiger charge is 2.70. The maximum Gasteiger partial charge on any atom is 0.309 e. The first kappa shape index (κ1) is 39.3. The van der Waals surface area contributed by atoms with E-state index in [2.05, 4.69) is 41.5 Å². The Kier molecular flexibility index (Phi) is 9.55. The molecule has 3 aromatic rings. The van der Waals surface area contributed by atoms with Gasteiger partial charge >= 0.3 is 5.97 Å². The zero-order valence-corrected chi connectivity index (χ0v) is 34.2. The monoisotopic (exact) mass is 752 g/mol. The number of ether oxygens (including phenoxy) is 2. The van der Waals surface area contributed by atoms with Crippen molar-refractivity contribution in [2.45, 2.75) is 112 Å². The second-order valence-corrected chi connectivity index (χ2v) is 19.5. The van der Waals surface area contributed by atoms with Crippen molar-refractivity contribution in [3.8, 4) is 22.8 Å². The number of ketones is 1. The molecule has 8 rings (SSSR count). The number of aliphatic carboxylic acids is 1. The number of carboxylic acids is 1. The van der Waals surface area contributed by atoms with Crippen molar-refractivity contribution in [3.63, 3.8) is 0 Å². The van der Waals surface area contributed by atoms with Gasteiger partial charge in [-0.3, -0.25) is 14.4 Å². The van der Waals surface area contributed by atoms with Gasteiger partial charge in [-0.05, 0) is 134 Å². The van der Waals surface area contributed by atoms with Gasteiger partial charge < -0.3 is 24.1 Å². The Bertz CT molecular complexity index is 2110. The van der Waals surface area contributed by atoms with Gasteiger partial charge in [0.1, 0.15) is 22.8 Å². The van der Waals surface area contributed by atoms with Gasteiger partial charge in [-0.2, -0.15) is 0 Å². The molecule has 2 aromatic carbocycles. The molecule has 0 saturated heterocycles. The smallest absolute Gasteiger partial charge is 0.309 e. The van der Waals surface area contributed by atoms with Crippen LogP contribution in [0.1, 0.15) is 106 Å². The molecule has 9 atom stereocenters. The SMILES string of the molecule is CC1(C(=O)O)CCC2(C)CCC3(C)C(=CC(=O)C4C5(C)CCC(O)C(C)(C)C5CCC43C)C2C1.COc1cccc(-c2cc(=O)c3ccc(OC)cc3o2)c1. The molecule has 0 spiro atoms. The van der Waals surface area contributed by atoms with Crippen LogP contribution in [0, 0.1) is 50.2 Å². The first-order valence-electron chi connectivity index (χ1n) is 20.2. The van der Waals surface area contributed by atoms with Gasteiger partial charge in [0.05, 0.1) is 31.1 Å². The zero-order valence-electron chi connectivity index (χ0n) is 34.2. The highest BCUT2D eigenvalue weighted by Crippen LogP contribution is 2.75. The van der Waals surface area contributed by atoms with Gasteiger partial charge in [0.2, 0.25) is 0 Å². The summed E-state index contributed by atoms with van der Waals surface area (Å²) in [5, 5.41) is 21.4. The summed E-state index contributed by atoms with van der Waals surface area (Å²) in [7, 11) is 3.17. The molecule has 8 nitrogen and oxygen atoms in total.